The average Bonchev–Trinajstić information content (AvgIpc) is 2.73. The maximum Gasteiger partial charge on any atom is 0.177 e. The fourth-order valence-corrected chi connectivity index (χ4v) is 2.73. The molecular weight excluding hydrogens is 178 g/mol. The first-order valence-electron chi connectivity index (χ1n) is 5.31. The number of fused-ring (bicyclic) bond motifs is 2. The minimum absolute atomic E-state index is 0.530. The highest BCUT2D eigenvalue weighted by molar-refractivity contribution is 5.03. The molecule has 0 aliphatic carbocycles. The second kappa shape index (κ2) is 3.02. The highest BCUT2D eigenvalue weighted by atomic mass is 15.6. The van der Waals surface area contributed by atoms with Crippen LogP contribution in [-0.4, -0.2) is 32.3 Å². The third-order valence-corrected chi connectivity index (χ3v) is 3.36. The Kier molecular flexibility index (Phi) is 1.80. The molecule has 2 saturated heterocycles. The predicted molar refractivity (Wildman–Crippen MR) is 50.7 cm³/mol. The number of rotatable bonds is 1. The molecular formula is C9H15N5. The molecule has 0 amide bonds. The molecule has 5 heteroatoms. The van der Waals surface area contributed by atoms with Gasteiger partial charge in [-0.15, -0.1) is 10.2 Å². The summed E-state index contributed by atoms with van der Waals surface area (Å²) in [7, 11) is 1.83. The van der Waals surface area contributed by atoms with Gasteiger partial charge in [-0.05, 0) is 30.9 Å². The van der Waals surface area contributed by atoms with Gasteiger partial charge in [-0.2, -0.15) is 4.80 Å². The van der Waals surface area contributed by atoms with Crippen molar-refractivity contribution in [3.05, 3.63) is 5.82 Å². The van der Waals surface area contributed by atoms with E-state index >= 15 is 0 Å². The molecule has 2 unspecified atom stereocenters. The quantitative estimate of drug-likeness (QED) is 0.692. The summed E-state index contributed by atoms with van der Waals surface area (Å²) in [5.74, 6) is 1.47. The van der Waals surface area contributed by atoms with Crippen LogP contribution in [-0.2, 0) is 7.05 Å². The SMILES string of the molecule is Cn1nnc(C2CC3CCC(C2)N3)n1. The van der Waals surface area contributed by atoms with Gasteiger partial charge < -0.3 is 5.32 Å². The Morgan fingerprint density at radius 1 is 1.29 bits per heavy atom. The maximum absolute atomic E-state index is 4.30. The first-order valence-corrected chi connectivity index (χ1v) is 5.31. The lowest BCUT2D eigenvalue weighted by molar-refractivity contribution is 0.353. The van der Waals surface area contributed by atoms with Crippen LogP contribution in [0.4, 0.5) is 0 Å². The van der Waals surface area contributed by atoms with Gasteiger partial charge in [0, 0.05) is 18.0 Å². The standard InChI is InChI=1S/C9H15N5/c1-14-12-9(11-13-14)6-4-7-2-3-8(5-6)10-7/h6-8,10H,2-5H2,1H3. The van der Waals surface area contributed by atoms with E-state index in [1.807, 2.05) is 7.05 Å². The van der Waals surface area contributed by atoms with Crippen molar-refractivity contribution in [1.82, 2.24) is 25.5 Å². The first kappa shape index (κ1) is 8.35. The molecule has 0 spiro atoms. The van der Waals surface area contributed by atoms with Crippen LogP contribution in [0.3, 0.4) is 0 Å². The van der Waals surface area contributed by atoms with Crippen LogP contribution in [0.2, 0.25) is 0 Å². The number of tetrazole rings is 1. The second-order valence-corrected chi connectivity index (χ2v) is 4.44. The van der Waals surface area contributed by atoms with Crippen LogP contribution >= 0.6 is 0 Å². The predicted octanol–water partition coefficient (Wildman–Crippen LogP) is 0.208. The lowest BCUT2D eigenvalue weighted by Gasteiger charge is -2.26. The van der Waals surface area contributed by atoms with Crippen molar-refractivity contribution in [3.8, 4) is 0 Å². The van der Waals surface area contributed by atoms with Gasteiger partial charge >= 0.3 is 0 Å². The monoisotopic (exact) mass is 193 g/mol. The molecule has 1 aromatic heterocycles. The van der Waals surface area contributed by atoms with Gasteiger partial charge in [0.25, 0.3) is 0 Å². The van der Waals surface area contributed by atoms with Crippen LogP contribution in [0.5, 0.6) is 0 Å². The molecule has 0 aromatic carbocycles. The van der Waals surface area contributed by atoms with E-state index < -0.39 is 0 Å². The van der Waals surface area contributed by atoms with E-state index in [0.29, 0.717) is 18.0 Å². The highest BCUT2D eigenvalue weighted by Gasteiger charge is 2.35. The van der Waals surface area contributed by atoms with E-state index in [2.05, 4.69) is 20.7 Å². The summed E-state index contributed by atoms with van der Waals surface area (Å²) in [5.41, 5.74) is 0. The molecule has 0 saturated carbocycles. The average molecular weight is 193 g/mol. The lowest BCUT2D eigenvalue weighted by Crippen LogP contribution is -2.37. The molecule has 3 heterocycles. The zero-order valence-corrected chi connectivity index (χ0v) is 8.35. The number of hydrogen-bond donors (Lipinski definition) is 1. The molecule has 5 nitrogen and oxygen atoms in total. The number of aryl methyl sites for hydroxylation is 1. The lowest BCUT2D eigenvalue weighted by atomic mass is 9.92. The van der Waals surface area contributed by atoms with Crippen LogP contribution in [0, 0.1) is 0 Å². The van der Waals surface area contributed by atoms with E-state index in [4.69, 9.17) is 0 Å². The molecule has 2 aliphatic rings. The summed E-state index contributed by atoms with van der Waals surface area (Å²) in [6, 6.07) is 1.39. The van der Waals surface area contributed by atoms with Gasteiger partial charge in [0.2, 0.25) is 0 Å². The minimum Gasteiger partial charge on any atom is -0.311 e. The van der Waals surface area contributed by atoms with Crippen LogP contribution < -0.4 is 5.32 Å². The summed E-state index contributed by atoms with van der Waals surface area (Å²) in [6.07, 6.45) is 5.01. The molecule has 2 fully saturated rings. The highest BCUT2D eigenvalue weighted by Crippen LogP contribution is 2.35. The zero-order valence-electron chi connectivity index (χ0n) is 8.35. The normalized spacial score (nSPS) is 36.2. The van der Waals surface area contributed by atoms with Crippen molar-refractivity contribution >= 4 is 0 Å². The molecule has 0 radical (unpaired) electrons. The molecule has 76 valence electrons. The fraction of sp³-hybridized carbons (Fsp3) is 0.889. The Morgan fingerprint density at radius 2 is 2.00 bits per heavy atom. The first-order chi connectivity index (χ1) is 6.81. The van der Waals surface area contributed by atoms with Gasteiger partial charge in [0.1, 0.15) is 0 Å². The van der Waals surface area contributed by atoms with E-state index in [1.165, 1.54) is 25.7 Å². The van der Waals surface area contributed by atoms with Crippen LogP contribution in [0.1, 0.15) is 37.4 Å². The largest absolute Gasteiger partial charge is 0.311 e. The van der Waals surface area contributed by atoms with Crippen molar-refractivity contribution in [2.24, 2.45) is 7.05 Å². The van der Waals surface area contributed by atoms with Gasteiger partial charge in [-0.25, -0.2) is 0 Å². The van der Waals surface area contributed by atoms with Gasteiger partial charge in [0.15, 0.2) is 5.82 Å². The summed E-state index contributed by atoms with van der Waals surface area (Å²) < 4.78 is 0. The Labute approximate surface area is 82.9 Å². The summed E-state index contributed by atoms with van der Waals surface area (Å²) >= 11 is 0. The number of nitrogens with one attached hydrogen (secondary N) is 1. The minimum atomic E-state index is 0.530. The van der Waals surface area contributed by atoms with Gasteiger partial charge in [0.05, 0.1) is 7.05 Å². The zero-order chi connectivity index (χ0) is 9.54. The molecule has 2 aliphatic heterocycles. The molecule has 2 atom stereocenters. The van der Waals surface area contributed by atoms with Crippen molar-refractivity contribution in [2.45, 2.75) is 43.7 Å². The van der Waals surface area contributed by atoms with Gasteiger partial charge in [-0.3, -0.25) is 0 Å². The Morgan fingerprint density at radius 3 is 2.57 bits per heavy atom. The molecule has 1 N–H and O–H groups in total. The molecule has 1 aromatic rings. The number of hydrogen-bond acceptors (Lipinski definition) is 4. The Bertz CT molecular complexity index is 322. The summed E-state index contributed by atoms with van der Waals surface area (Å²) in [5, 5.41) is 15.9. The molecule has 3 rings (SSSR count). The number of aromatic nitrogens is 4. The van der Waals surface area contributed by atoms with Crippen molar-refractivity contribution in [1.29, 1.82) is 0 Å². The Hall–Kier alpha value is -0.970. The van der Waals surface area contributed by atoms with E-state index in [-0.39, 0.29) is 0 Å². The third-order valence-electron chi connectivity index (χ3n) is 3.36. The van der Waals surface area contributed by atoms with E-state index in [0.717, 1.165) is 5.82 Å². The van der Waals surface area contributed by atoms with Gasteiger partial charge in [-0.1, -0.05) is 0 Å². The third kappa shape index (κ3) is 1.32. The van der Waals surface area contributed by atoms with Crippen molar-refractivity contribution in [2.75, 3.05) is 0 Å². The topological polar surface area (TPSA) is 55.6 Å². The van der Waals surface area contributed by atoms with Crippen molar-refractivity contribution in [3.63, 3.8) is 0 Å². The summed E-state index contributed by atoms with van der Waals surface area (Å²) in [4.78, 5) is 1.55. The van der Waals surface area contributed by atoms with E-state index in [9.17, 15) is 0 Å². The van der Waals surface area contributed by atoms with Crippen molar-refractivity contribution < 1.29 is 0 Å². The second-order valence-electron chi connectivity index (χ2n) is 4.44. The number of nitrogens with zero attached hydrogens (tertiary/aromatic N) is 4. The number of piperidine rings is 1. The smallest absolute Gasteiger partial charge is 0.177 e. The Balaban J connectivity index is 1.80. The fourth-order valence-electron chi connectivity index (χ4n) is 2.73. The van der Waals surface area contributed by atoms with Crippen LogP contribution in [0.25, 0.3) is 0 Å². The summed E-state index contributed by atoms with van der Waals surface area (Å²) in [6.45, 7) is 0. The van der Waals surface area contributed by atoms with E-state index in [1.54, 1.807) is 4.80 Å². The maximum atomic E-state index is 4.30. The molecule has 2 bridgehead atoms. The van der Waals surface area contributed by atoms with Crippen LogP contribution in [0.15, 0.2) is 0 Å². The molecule has 14 heavy (non-hydrogen) atoms.